The van der Waals surface area contributed by atoms with Crippen molar-refractivity contribution < 1.29 is 9.59 Å². The molecule has 3 nitrogen and oxygen atoms in total. The van der Waals surface area contributed by atoms with Gasteiger partial charge in [0.25, 0.3) is 11.8 Å². The SMILES string of the molecule is CC(C)[CH2][Al].O=C1NC(=O)c2ccccc21. The second kappa shape index (κ2) is 5.84. The van der Waals surface area contributed by atoms with Gasteiger partial charge in [0.15, 0.2) is 0 Å². The maximum atomic E-state index is 10.9. The number of amides is 2. The summed E-state index contributed by atoms with van der Waals surface area (Å²) in [6.07, 6.45) is 0. The predicted molar refractivity (Wildman–Crippen MR) is 63.6 cm³/mol. The van der Waals surface area contributed by atoms with E-state index in [9.17, 15) is 9.59 Å². The monoisotopic (exact) mass is 231 g/mol. The molecule has 16 heavy (non-hydrogen) atoms. The quantitative estimate of drug-likeness (QED) is 0.591. The van der Waals surface area contributed by atoms with Gasteiger partial charge in [-0.1, -0.05) is 31.9 Å². The van der Waals surface area contributed by atoms with Crippen LogP contribution in [0, 0.1) is 5.92 Å². The molecular formula is C12H14AlNO2. The third-order valence-corrected chi connectivity index (χ3v) is 3.06. The van der Waals surface area contributed by atoms with Gasteiger partial charge in [0.2, 0.25) is 0 Å². The molecule has 4 heteroatoms. The van der Waals surface area contributed by atoms with E-state index < -0.39 is 0 Å². The number of hydrogen-bond donors (Lipinski definition) is 1. The van der Waals surface area contributed by atoms with Gasteiger partial charge >= 0.3 is 0 Å². The Kier molecular flexibility index (Phi) is 4.73. The van der Waals surface area contributed by atoms with Crippen molar-refractivity contribution in [3.8, 4) is 0 Å². The molecule has 0 fully saturated rings. The van der Waals surface area contributed by atoms with Gasteiger partial charge in [-0.05, 0) is 12.1 Å². The van der Waals surface area contributed by atoms with Gasteiger partial charge in [-0.2, -0.15) is 0 Å². The topological polar surface area (TPSA) is 46.2 Å². The lowest BCUT2D eigenvalue weighted by atomic mass is 10.1. The Hall–Kier alpha value is -1.11. The van der Waals surface area contributed by atoms with Crippen molar-refractivity contribution in [1.82, 2.24) is 5.32 Å². The lowest BCUT2D eigenvalue weighted by Gasteiger charge is -1.91. The number of rotatable bonds is 1. The highest BCUT2D eigenvalue weighted by Crippen LogP contribution is 2.13. The van der Waals surface area contributed by atoms with Crippen LogP contribution in [-0.4, -0.2) is 28.1 Å². The molecule has 1 aromatic carbocycles. The van der Waals surface area contributed by atoms with Crippen molar-refractivity contribution in [2.45, 2.75) is 19.1 Å². The number of carbonyl (C=O) groups excluding carboxylic acids is 2. The Morgan fingerprint density at radius 1 is 1.12 bits per heavy atom. The van der Waals surface area contributed by atoms with Crippen LogP contribution < -0.4 is 5.32 Å². The fourth-order valence-corrected chi connectivity index (χ4v) is 1.12. The van der Waals surface area contributed by atoms with Crippen LogP contribution in [0.1, 0.15) is 34.6 Å². The second-order valence-electron chi connectivity index (χ2n) is 3.96. The molecule has 0 spiro atoms. The Bertz CT molecular complexity index is 369. The summed E-state index contributed by atoms with van der Waals surface area (Å²) in [5.41, 5.74) is 0.940. The van der Waals surface area contributed by atoms with Crippen LogP contribution in [0.2, 0.25) is 5.28 Å². The van der Waals surface area contributed by atoms with E-state index in [1.54, 1.807) is 24.3 Å². The summed E-state index contributed by atoms with van der Waals surface area (Å²) in [4.78, 5) is 21.9. The van der Waals surface area contributed by atoms with Gasteiger partial charge in [0.05, 0.1) is 11.1 Å². The van der Waals surface area contributed by atoms with Crippen LogP contribution in [0.3, 0.4) is 0 Å². The van der Waals surface area contributed by atoms with Crippen molar-refractivity contribution >= 4 is 28.1 Å². The Morgan fingerprint density at radius 2 is 1.50 bits per heavy atom. The molecule has 2 radical (unpaired) electrons. The third kappa shape index (κ3) is 3.19. The van der Waals surface area contributed by atoms with E-state index in [1.807, 2.05) is 0 Å². The second-order valence-corrected chi connectivity index (χ2v) is 4.43. The maximum absolute atomic E-state index is 10.9. The summed E-state index contributed by atoms with van der Waals surface area (Å²) in [5.74, 6) is 0.246. The molecule has 0 atom stereocenters. The molecule has 1 N–H and O–H groups in total. The molecule has 1 aliphatic heterocycles. The molecule has 0 aliphatic carbocycles. The van der Waals surface area contributed by atoms with Crippen LogP contribution in [0.25, 0.3) is 0 Å². The Balaban J connectivity index is 0.000000221. The van der Waals surface area contributed by atoms with E-state index in [-0.39, 0.29) is 11.8 Å². The summed E-state index contributed by atoms with van der Waals surface area (Å²) in [5, 5.41) is 3.43. The molecule has 0 saturated carbocycles. The first kappa shape index (κ1) is 13.0. The molecule has 0 aromatic heterocycles. The minimum Gasteiger partial charge on any atom is -0.288 e. The fourth-order valence-electron chi connectivity index (χ4n) is 1.12. The molecule has 2 amide bonds. The molecule has 0 bridgehead atoms. The summed E-state index contributed by atoms with van der Waals surface area (Å²) < 4.78 is 0. The number of carbonyl (C=O) groups is 2. The Labute approximate surface area is 104 Å². The van der Waals surface area contributed by atoms with Crippen LogP contribution in [0.15, 0.2) is 24.3 Å². The van der Waals surface area contributed by atoms with Gasteiger partial charge in [-0.3, -0.25) is 14.9 Å². The lowest BCUT2D eigenvalue weighted by Crippen LogP contribution is -2.19. The zero-order valence-electron chi connectivity index (χ0n) is 9.49. The molecule has 0 saturated heterocycles. The molecule has 0 unspecified atom stereocenters. The molecule has 1 aliphatic rings. The summed E-state index contributed by atoms with van der Waals surface area (Å²) in [6.45, 7) is 4.40. The number of fused-ring (bicyclic) bond motifs is 1. The van der Waals surface area contributed by atoms with Crippen molar-refractivity contribution in [1.29, 1.82) is 0 Å². The molecular weight excluding hydrogens is 217 g/mol. The van der Waals surface area contributed by atoms with E-state index >= 15 is 0 Å². The zero-order valence-corrected chi connectivity index (χ0v) is 10.6. The van der Waals surface area contributed by atoms with Gasteiger partial charge in [0.1, 0.15) is 16.3 Å². The minimum absolute atomic E-state index is 0.300. The highest BCUT2D eigenvalue weighted by Gasteiger charge is 2.25. The molecule has 1 aromatic rings. The van der Waals surface area contributed by atoms with Crippen LogP contribution in [-0.2, 0) is 0 Å². The fraction of sp³-hybridized carbons (Fsp3) is 0.333. The van der Waals surface area contributed by atoms with Gasteiger partial charge in [-0.15, -0.1) is 5.28 Å². The highest BCUT2D eigenvalue weighted by molar-refractivity contribution is 6.21. The molecule has 1 heterocycles. The highest BCUT2D eigenvalue weighted by atomic mass is 27.0. The Morgan fingerprint density at radius 3 is 1.81 bits per heavy atom. The van der Waals surface area contributed by atoms with Crippen molar-refractivity contribution in [3.05, 3.63) is 35.4 Å². The van der Waals surface area contributed by atoms with Crippen LogP contribution in [0.5, 0.6) is 0 Å². The van der Waals surface area contributed by atoms with E-state index in [4.69, 9.17) is 0 Å². The van der Waals surface area contributed by atoms with E-state index in [1.165, 1.54) is 5.28 Å². The maximum Gasteiger partial charge on any atom is 0.258 e. The van der Waals surface area contributed by atoms with E-state index in [0.717, 1.165) is 5.92 Å². The van der Waals surface area contributed by atoms with Crippen LogP contribution >= 0.6 is 0 Å². The third-order valence-electron chi connectivity index (χ3n) is 2.11. The average Bonchev–Trinajstić information content (AvgIpc) is 2.56. The number of hydrogen-bond acceptors (Lipinski definition) is 2. The standard InChI is InChI=1S/C8H5NO2.C4H9.Al/c10-7-5-3-1-2-4-6(5)8(11)9-7;1-4(2)3;/h1-4H,(H,9,10,11);4H,1H2,2-3H3;. The van der Waals surface area contributed by atoms with Crippen molar-refractivity contribution in [2.75, 3.05) is 0 Å². The first-order chi connectivity index (χ1) is 7.56. The molecule has 2 rings (SSSR count). The largest absolute Gasteiger partial charge is 0.288 e. The summed E-state index contributed by atoms with van der Waals surface area (Å²) >= 11 is 2.69. The van der Waals surface area contributed by atoms with Crippen molar-refractivity contribution in [2.24, 2.45) is 5.92 Å². The van der Waals surface area contributed by atoms with E-state index in [2.05, 4.69) is 35.5 Å². The van der Waals surface area contributed by atoms with Gasteiger partial charge in [0, 0.05) is 0 Å². The number of benzene rings is 1. The van der Waals surface area contributed by atoms with Gasteiger partial charge < -0.3 is 0 Å². The van der Waals surface area contributed by atoms with Gasteiger partial charge in [-0.25, -0.2) is 0 Å². The normalized spacial score (nSPS) is 12.9. The minimum atomic E-state index is -0.300. The van der Waals surface area contributed by atoms with E-state index in [0.29, 0.717) is 11.1 Å². The van der Waals surface area contributed by atoms with Crippen LogP contribution in [0.4, 0.5) is 0 Å². The summed E-state index contributed by atoms with van der Waals surface area (Å²) in [7, 11) is 0. The lowest BCUT2D eigenvalue weighted by molar-refractivity contribution is 0.0879. The summed E-state index contributed by atoms with van der Waals surface area (Å²) in [6, 6.07) is 6.74. The molecule has 82 valence electrons. The van der Waals surface area contributed by atoms with Crippen molar-refractivity contribution in [3.63, 3.8) is 0 Å². The zero-order chi connectivity index (χ0) is 12.1. The smallest absolute Gasteiger partial charge is 0.258 e. The average molecular weight is 231 g/mol. The number of nitrogens with one attached hydrogen (secondary N) is 1. The first-order valence-electron chi connectivity index (χ1n) is 5.21. The number of imide groups is 1. The first-order valence-corrected chi connectivity index (χ1v) is 6.02. The predicted octanol–water partition coefficient (Wildman–Crippen LogP) is 1.80.